The van der Waals surface area contributed by atoms with Crippen molar-refractivity contribution in [2.45, 2.75) is 26.4 Å². The Labute approximate surface area is 202 Å². The third-order valence-electron chi connectivity index (χ3n) is 5.69. The molecule has 5 rings (SSSR count). The number of fused-ring (bicyclic) bond motifs is 1. The van der Waals surface area contributed by atoms with Gasteiger partial charge in [0, 0.05) is 17.1 Å². The Morgan fingerprint density at radius 2 is 2.00 bits per heavy atom. The first-order chi connectivity index (χ1) is 16.6. The van der Waals surface area contributed by atoms with Gasteiger partial charge >= 0.3 is 0 Å². The molecule has 0 radical (unpaired) electrons. The molecule has 0 bridgehead atoms. The number of aromatic nitrogens is 2. The van der Waals surface area contributed by atoms with Crippen LogP contribution < -0.4 is 14.4 Å². The molecule has 1 aliphatic heterocycles. The quantitative estimate of drug-likeness (QED) is 0.343. The average molecular weight is 472 g/mol. The second-order valence-corrected chi connectivity index (χ2v) is 8.96. The maximum absolute atomic E-state index is 13.2. The number of amides is 1. The van der Waals surface area contributed by atoms with Crippen LogP contribution in [0.25, 0.3) is 22.0 Å². The van der Waals surface area contributed by atoms with Gasteiger partial charge in [0.1, 0.15) is 23.1 Å². The van der Waals surface area contributed by atoms with E-state index in [9.17, 15) is 4.79 Å². The van der Waals surface area contributed by atoms with Gasteiger partial charge in [-0.25, -0.2) is 4.98 Å². The Balaban J connectivity index is 1.41. The predicted octanol–water partition coefficient (Wildman–Crippen LogP) is 5.76. The number of hydrogen-bond acceptors (Lipinski definition) is 6. The highest BCUT2D eigenvalue weighted by Crippen LogP contribution is 2.39. The predicted molar refractivity (Wildman–Crippen MR) is 135 cm³/mol. The van der Waals surface area contributed by atoms with Gasteiger partial charge in [-0.3, -0.25) is 9.78 Å². The Morgan fingerprint density at radius 3 is 2.79 bits per heavy atom. The van der Waals surface area contributed by atoms with Crippen LogP contribution >= 0.6 is 11.3 Å². The van der Waals surface area contributed by atoms with E-state index < -0.39 is 6.10 Å². The van der Waals surface area contributed by atoms with Gasteiger partial charge in [-0.15, -0.1) is 11.3 Å². The molecular formula is C27H25N3O3S. The Kier molecular flexibility index (Phi) is 6.27. The smallest absolute Gasteiger partial charge is 0.268 e. The summed E-state index contributed by atoms with van der Waals surface area (Å²) < 4.78 is 11.9. The van der Waals surface area contributed by atoms with Crippen LogP contribution in [0.2, 0.25) is 0 Å². The number of rotatable bonds is 7. The summed E-state index contributed by atoms with van der Waals surface area (Å²) in [5.74, 6) is 1.45. The lowest BCUT2D eigenvalue weighted by atomic mass is 10.1. The van der Waals surface area contributed by atoms with E-state index in [2.05, 4.69) is 4.98 Å². The van der Waals surface area contributed by atoms with Crippen LogP contribution in [-0.2, 0) is 4.79 Å². The molecule has 1 atom stereocenters. The Morgan fingerprint density at radius 1 is 1.09 bits per heavy atom. The lowest BCUT2D eigenvalue weighted by Gasteiger charge is -2.34. The van der Waals surface area contributed by atoms with Crippen molar-refractivity contribution >= 4 is 22.9 Å². The number of carbonyl (C=O) groups excluding carboxylic acids is 1. The zero-order chi connectivity index (χ0) is 23.5. The van der Waals surface area contributed by atoms with Crippen molar-refractivity contribution in [3.63, 3.8) is 0 Å². The van der Waals surface area contributed by atoms with Crippen LogP contribution in [-0.4, -0.2) is 35.1 Å². The lowest BCUT2D eigenvalue weighted by Crippen LogP contribution is -2.47. The minimum atomic E-state index is -0.493. The summed E-state index contributed by atoms with van der Waals surface area (Å²) in [7, 11) is 0. The Bertz CT molecular complexity index is 1310. The lowest BCUT2D eigenvalue weighted by molar-refractivity contribution is -0.126. The zero-order valence-electron chi connectivity index (χ0n) is 19.1. The first kappa shape index (κ1) is 22.1. The van der Waals surface area contributed by atoms with E-state index in [1.807, 2.05) is 79.9 Å². The molecule has 2 aromatic heterocycles. The van der Waals surface area contributed by atoms with Crippen molar-refractivity contribution in [2.75, 3.05) is 18.1 Å². The second-order valence-electron chi connectivity index (χ2n) is 8.10. The van der Waals surface area contributed by atoms with Crippen LogP contribution in [0.1, 0.15) is 18.9 Å². The molecule has 0 aliphatic carbocycles. The van der Waals surface area contributed by atoms with Gasteiger partial charge in [0.25, 0.3) is 5.91 Å². The number of carbonyl (C=O) groups is 1. The highest BCUT2D eigenvalue weighted by atomic mass is 32.1. The van der Waals surface area contributed by atoms with Crippen molar-refractivity contribution in [3.8, 4) is 33.5 Å². The summed E-state index contributed by atoms with van der Waals surface area (Å²) in [6.45, 7) is 4.80. The zero-order valence-corrected chi connectivity index (χ0v) is 19.9. The highest BCUT2D eigenvalue weighted by molar-refractivity contribution is 7.13. The van der Waals surface area contributed by atoms with Gasteiger partial charge in [0.15, 0.2) is 6.10 Å². The van der Waals surface area contributed by atoms with Crippen molar-refractivity contribution in [3.05, 3.63) is 77.8 Å². The standard InChI is InChI=1S/C27H25N3O3S/c1-3-24-27(31)30(13-14-32-20-8-6-7-18(2)15-20)23-16-19(10-11-25(23)33-24)22-17-34-26(29-22)21-9-4-5-12-28-21/h4-12,15-17,24H,3,13-14H2,1-2H3. The fraction of sp³-hybridized carbons (Fsp3) is 0.222. The minimum Gasteiger partial charge on any atom is -0.492 e. The SMILES string of the molecule is CCC1Oc2ccc(-c3csc(-c4ccccn4)n3)cc2N(CCOc2cccc(C)c2)C1=O. The molecule has 172 valence electrons. The molecule has 0 fully saturated rings. The molecule has 2 aromatic carbocycles. The van der Waals surface area contributed by atoms with Gasteiger partial charge in [-0.1, -0.05) is 25.1 Å². The summed E-state index contributed by atoms with van der Waals surface area (Å²) in [5.41, 5.74) is 4.49. The normalized spacial score (nSPS) is 15.1. The van der Waals surface area contributed by atoms with E-state index in [1.165, 1.54) is 0 Å². The number of nitrogens with zero attached hydrogens (tertiary/aromatic N) is 3. The van der Waals surface area contributed by atoms with E-state index in [0.29, 0.717) is 25.3 Å². The molecular weight excluding hydrogens is 446 g/mol. The number of anilines is 1. The van der Waals surface area contributed by atoms with E-state index in [0.717, 1.165) is 39.0 Å². The van der Waals surface area contributed by atoms with Crippen molar-refractivity contribution in [2.24, 2.45) is 0 Å². The van der Waals surface area contributed by atoms with E-state index in [1.54, 1.807) is 22.4 Å². The molecule has 0 spiro atoms. The van der Waals surface area contributed by atoms with Crippen molar-refractivity contribution in [1.29, 1.82) is 0 Å². The summed E-state index contributed by atoms with van der Waals surface area (Å²) in [5, 5.41) is 2.87. The third-order valence-corrected chi connectivity index (χ3v) is 6.55. The van der Waals surface area contributed by atoms with Crippen LogP contribution in [0.4, 0.5) is 5.69 Å². The van der Waals surface area contributed by atoms with Gasteiger partial charge in [0.2, 0.25) is 0 Å². The first-order valence-electron chi connectivity index (χ1n) is 11.3. The van der Waals surface area contributed by atoms with Gasteiger partial charge in [-0.2, -0.15) is 0 Å². The molecule has 6 nitrogen and oxygen atoms in total. The van der Waals surface area contributed by atoms with Crippen molar-refractivity contribution in [1.82, 2.24) is 9.97 Å². The number of thiazole rings is 1. The summed E-state index contributed by atoms with van der Waals surface area (Å²) in [4.78, 5) is 24.1. The maximum Gasteiger partial charge on any atom is 0.268 e. The summed E-state index contributed by atoms with van der Waals surface area (Å²) in [6.07, 6.45) is 1.88. The molecule has 34 heavy (non-hydrogen) atoms. The molecule has 3 heterocycles. The van der Waals surface area contributed by atoms with Gasteiger partial charge < -0.3 is 14.4 Å². The van der Waals surface area contributed by atoms with E-state index >= 15 is 0 Å². The number of aryl methyl sites for hydroxylation is 1. The van der Waals surface area contributed by atoms with Crippen LogP contribution in [0.3, 0.4) is 0 Å². The van der Waals surface area contributed by atoms with Crippen molar-refractivity contribution < 1.29 is 14.3 Å². The summed E-state index contributed by atoms with van der Waals surface area (Å²) in [6, 6.07) is 19.6. The minimum absolute atomic E-state index is 0.0487. The van der Waals surface area contributed by atoms with E-state index in [4.69, 9.17) is 14.5 Å². The Hall–Kier alpha value is -3.71. The monoisotopic (exact) mass is 471 g/mol. The second kappa shape index (κ2) is 9.65. The number of ether oxygens (including phenoxy) is 2. The fourth-order valence-electron chi connectivity index (χ4n) is 3.95. The highest BCUT2D eigenvalue weighted by Gasteiger charge is 2.33. The van der Waals surface area contributed by atoms with Crippen LogP contribution in [0.5, 0.6) is 11.5 Å². The number of pyridine rings is 1. The topological polar surface area (TPSA) is 64.6 Å². The number of benzene rings is 2. The number of hydrogen-bond donors (Lipinski definition) is 0. The van der Waals surface area contributed by atoms with Gasteiger partial charge in [0.05, 0.1) is 23.6 Å². The molecule has 4 aromatic rings. The average Bonchev–Trinajstić information content (AvgIpc) is 3.36. The van der Waals surface area contributed by atoms with Crippen LogP contribution in [0, 0.1) is 6.92 Å². The molecule has 1 unspecified atom stereocenters. The van der Waals surface area contributed by atoms with Crippen LogP contribution in [0.15, 0.2) is 72.2 Å². The molecule has 0 N–H and O–H groups in total. The molecule has 0 saturated heterocycles. The fourth-order valence-corrected chi connectivity index (χ4v) is 4.75. The molecule has 7 heteroatoms. The maximum atomic E-state index is 13.2. The largest absolute Gasteiger partial charge is 0.492 e. The molecule has 1 amide bonds. The van der Waals surface area contributed by atoms with Gasteiger partial charge in [-0.05, 0) is 61.4 Å². The third kappa shape index (κ3) is 4.52. The molecule has 1 aliphatic rings. The molecule has 0 saturated carbocycles. The first-order valence-corrected chi connectivity index (χ1v) is 12.2. The van der Waals surface area contributed by atoms with E-state index in [-0.39, 0.29) is 5.91 Å². The summed E-state index contributed by atoms with van der Waals surface area (Å²) >= 11 is 1.55.